The molecule has 0 spiro atoms. The highest BCUT2D eigenvalue weighted by atomic mass is 16.5. The van der Waals surface area contributed by atoms with Crippen LogP contribution in [0.3, 0.4) is 0 Å². The molecule has 0 saturated carbocycles. The number of benzene rings is 2. The van der Waals surface area contributed by atoms with Gasteiger partial charge in [-0.2, -0.15) is 0 Å². The zero-order chi connectivity index (χ0) is 18.2. The molecule has 3 heterocycles. The van der Waals surface area contributed by atoms with Crippen molar-refractivity contribution < 1.29 is 9.47 Å². The number of anilines is 1. The van der Waals surface area contributed by atoms with E-state index >= 15 is 0 Å². The molecule has 5 rings (SSSR count). The molecule has 27 heavy (non-hydrogen) atoms. The van der Waals surface area contributed by atoms with E-state index in [0.717, 1.165) is 33.3 Å². The molecule has 2 aromatic heterocycles. The van der Waals surface area contributed by atoms with Gasteiger partial charge in [-0.05, 0) is 11.6 Å². The maximum absolute atomic E-state index is 6.20. The fraction of sp³-hybridized carbons (Fsp3) is 0.238. The summed E-state index contributed by atoms with van der Waals surface area (Å²) in [6.45, 7) is 2.18. The van der Waals surface area contributed by atoms with E-state index < -0.39 is 0 Å². The third-order valence-electron chi connectivity index (χ3n) is 4.96. The van der Waals surface area contributed by atoms with Gasteiger partial charge in [0.2, 0.25) is 0 Å². The van der Waals surface area contributed by atoms with Crippen molar-refractivity contribution in [3.05, 3.63) is 66.0 Å². The van der Waals surface area contributed by atoms with Gasteiger partial charge in [-0.15, -0.1) is 0 Å². The van der Waals surface area contributed by atoms with Gasteiger partial charge < -0.3 is 19.8 Å². The van der Waals surface area contributed by atoms with E-state index in [4.69, 9.17) is 20.2 Å². The molecule has 0 bridgehead atoms. The van der Waals surface area contributed by atoms with E-state index in [9.17, 15) is 0 Å². The minimum atomic E-state index is 0.0488. The molecule has 1 aliphatic heterocycles. The quantitative estimate of drug-likeness (QED) is 0.603. The number of hydrogen-bond donors (Lipinski definition) is 1. The number of pyridine rings is 1. The van der Waals surface area contributed by atoms with Gasteiger partial charge in [-0.25, -0.2) is 9.97 Å². The second-order valence-corrected chi connectivity index (χ2v) is 6.78. The number of imidazole rings is 1. The third kappa shape index (κ3) is 2.83. The number of nitrogens with zero attached hydrogens (tertiary/aromatic N) is 3. The fourth-order valence-corrected chi connectivity index (χ4v) is 3.73. The summed E-state index contributed by atoms with van der Waals surface area (Å²) in [5.41, 5.74) is 9.99. The highest BCUT2D eigenvalue weighted by Crippen LogP contribution is 2.33. The SMILES string of the molecule is Nc1nc2ccccc2c2c1nc1n2[C@@H](COCc2ccccc2)COC1. The van der Waals surface area contributed by atoms with Crippen LogP contribution in [0.2, 0.25) is 0 Å². The number of fused-ring (bicyclic) bond motifs is 5. The summed E-state index contributed by atoms with van der Waals surface area (Å²) in [7, 11) is 0. The standard InChI is InChI=1S/C21H20N4O2/c22-21-19-20(16-8-4-5-9-17(16)23-21)25-15(12-27-13-18(25)24-19)11-26-10-14-6-2-1-3-7-14/h1-9,15H,10-13H2,(H2,22,23)/t15-/m0/s1. The van der Waals surface area contributed by atoms with Crippen molar-refractivity contribution in [2.75, 3.05) is 18.9 Å². The van der Waals surface area contributed by atoms with Crippen molar-refractivity contribution in [1.29, 1.82) is 0 Å². The monoisotopic (exact) mass is 360 g/mol. The van der Waals surface area contributed by atoms with Gasteiger partial charge in [0.1, 0.15) is 17.9 Å². The Balaban J connectivity index is 1.53. The predicted molar refractivity (Wildman–Crippen MR) is 104 cm³/mol. The summed E-state index contributed by atoms with van der Waals surface area (Å²) in [6, 6.07) is 18.3. The highest BCUT2D eigenvalue weighted by molar-refractivity contribution is 6.06. The maximum Gasteiger partial charge on any atom is 0.152 e. The molecular weight excluding hydrogens is 340 g/mol. The van der Waals surface area contributed by atoms with Gasteiger partial charge in [-0.3, -0.25) is 0 Å². The van der Waals surface area contributed by atoms with Crippen molar-refractivity contribution in [3.63, 3.8) is 0 Å². The van der Waals surface area contributed by atoms with Crippen molar-refractivity contribution in [3.8, 4) is 0 Å². The molecule has 6 nitrogen and oxygen atoms in total. The molecule has 0 aliphatic carbocycles. The minimum absolute atomic E-state index is 0.0488. The Morgan fingerprint density at radius 3 is 2.78 bits per heavy atom. The van der Waals surface area contributed by atoms with Crippen LogP contribution >= 0.6 is 0 Å². The Hall–Kier alpha value is -2.96. The number of hydrogen-bond acceptors (Lipinski definition) is 5. The van der Waals surface area contributed by atoms with Crippen LogP contribution in [-0.2, 0) is 22.7 Å². The van der Waals surface area contributed by atoms with E-state index in [1.165, 1.54) is 0 Å². The molecule has 0 amide bonds. The van der Waals surface area contributed by atoms with Crippen molar-refractivity contribution in [1.82, 2.24) is 14.5 Å². The van der Waals surface area contributed by atoms with Crippen LogP contribution in [-0.4, -0.2) is 27.7 Å². The summed E-state index contributed by atoms with van der Waals surface area (Å²) >= 11 is 0. The van der Waals surface area contributed by atoms with Crippen LogP contribution < -0.4 is 5.73 Å². The molecule has 1 atom stereocenters. The summed E-state index contributed by atoms with van der Waals surface area (Å²) in [5, 5.41) is 1.05. The Bertz CT molecular complexity index is 1110. The average Bonchev–Trinajstić information content (AvgIpc) is 3.10. The molecule has 0 radical (unpaired) electrons. The Morgan fingerprint density at radius 1 is 1.07 bits per heavy atom. The topological polar surface area (TPSA) is 75.2 Å². The van der Waals surface area contributed by atoms with Gasteiger partial charge in [-0.1, -0.05) is 48.5 Å². The largest absolute Gasteiger partial charge is 0.382 e. The van der Waals surface area contributed by atoms with E-state index in [2.05, 4.69) is 27.8 Å². The number of rotatable bonds is 4. The Labute approximate surface area is 156 Å². The van der Waals surface area contributed by atoms with Gasteiger partial charge >= 0.3 is 0 Å². The van der Waals surface area contributed by atoms with E-state index in [1.807, 2.05) is 36.4 Å². The highest BCUT2D eigenvalue weighted by Gasteiger charge is 2.26. The molecule has 6 heteroatoms. The summed E-state index contributed by atoms with van der Waals surface area (Å²) in [5.74, 6) is 1.32. The van der Waals surface area contributed by atoms with Crippen LogP contribution in [0.15, 0.2) is 54.6 Å². The van der Waals surface area contributed by atoms with Crippen LogP contribution in [0.4, 0.5) is 5.82 Å². The van der Waals surface area contributed by atoms with Crippen LogP contribution in [0, 0.1) is 0 Å². The second-order valence-electron chi connectivity index (χ2n) is 6.78. The van der Waals surface area contributed by atoms with E-state index in [0.29, 0.717) is 32.2 Å². The zero-order valence-electron chi connectivity index (χ0n) is 14.8. The molecule has 1 aliphatic rings. The van der Waals surface area contributed by atoms with Gasteiger partial charge in [0.15, 0.2) is 5.82 Å². The van der Waals surface area contributed by atoms with Crippen LogP contribution in [0.5, 0.6) is 0 Å². The average molecular weight is 360 g/mol. The van der Waals surface area contributed by atoms with E-state index in [1.54, 1.807) is 0 Å². The first kappa shape index (κ1) is 16.2. The van der Waals surface area contributed by atoms with E-state index in [-0.39, 0.29) is 6.04 Å². The summed E-state index contributed by atoms with van der Waals surface area (Å²) in [6.07, 6.45) is 0. The number of para-hydroxylation sites is 1. The minimum Gasteiger partial charge on any atom is -0.382 e. The van der Waals surface area contributed by atoms with Crippen molar-refractivity contribution >= 4 is 27.8 Å². The predicted octanol–water partition coefficient (Wildman–Crippen LogP) is 3.45. The summed E-state index contributed by atoms with van der Waals surface area (Å²) in [4.78, 5) is 9.22. The van der Waals surface area contributed by atoms with Gasteiger partial charge in [0.05, 0.1) is 36.9 Å². The molecule has 0 saturated heterocycles. The molecule has 136 valence electrons. The lowest BCUT2D eigenvalue weighted by atomic mass is 10.1. The molecule has 0 unspecified atom stereocenters. The molecule has 2 aromatic carbocycles. The fourth-order valence-electron chi connectivity index (χ4n) is 3.73. The third-order valence-corrected chi connectivity index (χ3v) is 4.96. The first-order valence-corrected chi connectivity index (χ1v) is 9.05. The zero-order valence-corrected chi connectivity index (χ0v) is 14.8. The number of nitrogen functional groups attached to an aromatic ring is 1. The van der Waals surface area contributed by atoms with Crippen LogP contribution in [0.1, 0.15) is 17.4 Å². The summed E-state index contributed by atoms with van der Waals surface area (Å²) < 4.78 is 14.0. The molecule has 4 aromatic rings. The lowest BCUT2D eigenvalue weighted by Crippen LogP contribution is -2.27. The van der Waals surface area contributed by atoms with Crippen LogP contribution in [0.25, 0.3) is 21.9 Å². The lowest BCUT2D eigenvalue weighted by molar-refractivity contribution is 0.00842. The van der Waals surface area contributed by atoms with Crippen molar-refractivity contribution in [2.45, 2.75) is 19.3 Å². The number of nitrogens with two attached hydrogens (primary N) is 1. The lowest BCUT2D eigenvalue weighted by Gasteiger charge is -2.26. The van der Waals surface area contributed by atoms with Gasteiger partial charge in [0, 0.05) is 5.39 Å². The normalized spacial score (nSPS) is 16.7. The first-order chi connectivity index (χ1) is 13.3. The molecule has 2 N–H and O–H groups in total. The maximum atomic E-state index is 6.20. The second kappa shape index (κ2) is 6.64. The first-order valence-electron chi connectivity index (χ1n) is 9.05. The Kier molecular flexibility index (Phi) is 3.99. The van der Waals surface area contributed by atoms with Crippen molar-refractivity contribution in [2.24, 2.45) is 0 Å². The molecule has 0 fully saturated rings. The smallest absolute Gasteiger partial charge is 0.152 e. The van der Waals surface area contributed by atoms with Gasteiger partial charge in [0.25, 0.3) is 0 Å². The molecular formula is C21H20N4O2. The Morgan fingerprint density at radius 2 is 1.89 bits per heavy atom. The number of ether oxygens (including phenoxy) is 2. The number of aromatic nitrogens is 3.